The molecule has 2 aliphatic rings. The first kappa shape index (κ1) is 7.90. The molecule has 0 spiro atoms. The van der Waals surface area contributed by atoms with E-state index in [1.165, 1.54) is 44.1 Å². The van der Waals surface area contributed by atoms with Crippen molar-refractivity contribution in [2.75, 3.05) is 37.7 Å². The lowest BCUT2D eigenvalue weighted by molar-refractivity contribution is 0.166. The van der Waals surface area contributed by atoms with E-state index < -0.39 is 0 Å². The van der Waals surface area contributed by atoms with Crippen molar-refractivity contribution < 1.29 is 0 Å². The van der Waals surface area contributed by atoms with E-state index in [1.807, 2.05) is 0 Å². The second-order valence-corrected chi connectivity index (χ2v) is 4.53. The van der Waals surface area contributed by atoms with E-state index in [4.69, 9.17) is 0 Å². The van der Waals surface area contributed by atoms with Gasteiger partial charge in [0, 0.05) is 30.6 Å². The Balaban J connectivity index is 1.67. The Bertz CT molecular complexity index is 119. The van der Waals surface area contributed by atoms with E-state index in [2.05, 4.69) is 22.0 Å². The van der Waals surface area contributed by atoms with Crippen LogP contribution in [0.25, 0.3) is 0 Å². The molecule has 0 radical (unpaired) electrons. The van der Waals surface area contributed by atoms with Crippen LogP contribution < -0.4 is 5.32 Å². The highest BCUT2D eigenvalue weighted by Gasteiger charge is 2.20. The second kappa shape index (κ2) is 3.78. The first-order valence-electron chi connectivity index (χ1n) is 4.48. The standard InChI is InChI=1S/C8H16N2S/c1-3-10(4-1)6-8-7-11-5-2-9-8/h8-9H,1-7H2. The Hall–Kier alpha value is 0.270. The topological polar surface area (TPSA) is 15.3 Å². The summed E-state index contributed by atoms with van der Waals surface area (Å²) in [5, 5.41) is 3.56. The zero-order valence-electron chi connectivity index (χ0n) is 6.88. The lowest BCUT2D eigenvalue weighted by atomic mass is 10.2. The predicted molar refractivity (Wildman–Crippen MR) is 50.2 cm³/mol. The van der Waals surface area contributed by atoms with E-state index in [-0.39, 0.29) is 0 Å². The van der Waals surface area contributed by atoms with Gasteiger partial charge in [0.05, 0.1) is 0 Å². The average Bonchev–Trinajstić information content (AvgIpc) is 1.99. The van der Waals surface area contributed by atoms with Crippen LogP contribution in [0.2, 0.25) is 0 Å². The molecule has 11 heavy (non-hydrogen) atoms. The number of hydrogen-bond acceptors (Lipinski definition) is 3. The fourth-order valence-corrected chi connectivity index (χ4v) is 2.55. The highest BCUT2D eigenvalue weighted by molar-refractivity contribution is 7.99. The summed E-state index contributed by atoms with van der Waals surface area (Å²) in [5.41, 5.74) is 0. The molecule has 1 atom stereocenters. The van der Waals surface area contributed by atoms with Gasteiger partial charge >= 0.3 is 0 Å². The number of likely N-dealkylation sites (tertiary alicyclic amines) is 1. The van der Waals surface area contributed by atoms with Crippen LogP contribution in [-0.2, 0) is 0 Å². The third kappa shape index (κ3) is 2.10. The fraction of sp³-hybridized carbons (Fsp3) is 1.00. The second-order valence-electron chi connectivity index (χ2n) is 3.38. The third-order valence-corrected chi connectivity index (χ3v) is 3.56. The van der Waals surface area contributed by atoms with E-state index in [0.717, 1.165) is 6.04 Å². The molecule has 0 aliphatic carbocycles. The van der Waals surface area contributed by atoms with Gasteiger partial charge in [0.1, 0.15) is 0 Å². The number of hydrogen-bond donors (Lipinski definition) is 1. The van der Waals surface area contributed by atoms with Crippen LogP contribution in [0.3, 0.4) is 0 Å². The molecule has 64 valence electrons. The summed E-state index contributed by atoms with van der Waals surface area (Å²) in [5.74, 6) is 2.62. The van der Waals surface area contributed by atoms with Gasteiger partial charge in [-0.3, -0.25) is 0 Å². The summed E-state index contributed by atoms with van der Waals surface area (Å²) < 4.78 is 0. The Morgan fingerprint density at radius 1 is 1.45 bits per heavy atom. The number of nitrogens with one attached hydrogen (secondary N) is 1. The maximum atomic E-state index is 3.56. The van der Waals surface area contributed by atoms with Gasteiger partial charge in [-0.25, -0.2) is 0 Å². The molecular weight excluding hydrogens is 156 g/mol. The highest BCUT2D eigenvalue weighted by atomic mass is 32.2. The van der Waals surface area contributed by atoms with Crippen molar-refractivity contribution in [3.8, 4) is 0 Å². The fourth-order valence-electron chi connectivity index (χ4n) is 1.61. The largest absolute Gasteiger partial charge is 0.311 e. The average molecular weight is 172 g/mol. The molecule has 1 N–H and O–H groups in total. The van der Waals surface area contributed by atoms with Crippen molar-refractivity contribution in [2.24, 2.45) is 0 Å². The zero-order valence-corrected chi connectivity index (χ0v) is 7.70. The third-order valence-electron chi connectivity index (χ3n) is 2.43. The minimum Gasteiger partial charge on any atom is -0.311 e. The van der Waals surface area contributed by atoms with Gasteiger partial charge in [0.25, 0.3) is 0 Å². The summed E-state index contributed by atoms with van der Waals surface area (Å²) in [6, 6.07) is 0.772. The van der Waals surface area contributed by atoms with Crippen molar-refractivity contribution in [3.63, 3.8) is 0 Å². The van der Waals surface area contributed by atoms with Crippen molar-refractivity contribution in [1.29, 1.82) is 0 Å². The van der Waals surface area contributed by atoms with Crippen LogP contribution >= 0.6 is 11.8 Å². The van der Waals surface area contributed by atoms with Crippen LogP contribution in [0, 0.1) is 0 Å². The van der Waals surface area contributed by atoms with Gasteiger partial charge < -0.3 is 10.2 Å². The maximum Gasteiger partial charge on any atom is 0.0285 e. The van der Waals surface area contributed by atoms with Gasteiger partial charge in [0.2, 0.25) is 0 Å². The highest BCUT2D eigenvalue weighted by Crippen LogP contribution is 2.12. The zero-order chi connectivity index (χ0) is 7.52. The lowest BCUT2D eigenvalue weighted by Crippen LogP contribution is -2.49. The summed E-state index contributed by atoms with van der Waals surface area (Å²) >= 11 is 2.09. The van der Waals surface area contributed by atoms with Crippen LogP contribution in [0.1, 0.15) is 6.42 Å². The normalized spacial score (nSPS) is 33.3. The van der Waals surface area contributed by atoms with Crippen LogP contribution in [0.5, 0.6) is 0 Å². The number of thioether (sulfide) groups is 1. The summed E-state index contributed by atoms with van der Waals surface area (Å²) in [4.78, 5) is 2.55. The minimum atomic E-state index is 0.772. The molecular formula is C8H16N2S. The molecule has 2 aliphatic heterocycles. The Labute approximate surface area is 72.7 Å². The molecule has 0 aromatic carbocycles. The number of rotatable bonds is 2. The van der Waals surface area contributed by atoms with Gasteiger partial charge in [-0.1, -0.05) is 0 Å². The van der Waals surface area contributed by atoms with Gasteiger partial charge in [-0.05, 0) is 19.5 Å². The van der Waals surface area contributed by atoms with Gasteiger partial charge in [-0.15, -0.1) is 0 Å². The maximum absolute atomic E-state index is 3.56. The van der Waals surface area contributed by atoms with Crippen molar-refractivity contribution >= 4 is 11.8 Å². The van der Waals surface area contributed by atoms with Gasteiger partial charge in [-0.2, -0.15) is 11.8 Å². The van der Waals surface area contributed by atoms with E-state index in [9.17, 15) is 0 Å². The molecule has 0 amide bonds. The minimum absolute atomic E-state index is 0.772. The molecule has 0 aromatic rings. The Morgan fingerprint density at radius 3 is 2.91 bits per heavy atom. The molecule has 2 heterocycles. The van der Waals surface area contributed by atoms with Crippen molar-refractivity contribution in [2.45, 2.75) is 12.5 Å². The molecule has 2 rings (SSSR count). The molecule has 0 saturated carbocycles. The quantitative estimate of drug-likeness (QED) is 0.649. The van der Waals surface area contributed by atoms with E-state index in [0.29, 0.717) is 0 Å². The van der Waals surface area contributed by atoms with Crippen LogP contribution in [0.4, 0.5) is 0 Å². The molecule has 2 nitrogen and oxygen atoms in total. The SMILES string of the molecule is C1CN(CC2CSCCN2)C1. The van der Waals surface area contributed by atoms with E-state index >= 15 is 0 Å². The monoisotopic (exact) mass is 172 g/mol. The summed E-state index contributed by atoms with van der Waals surface area (Å²) in [6.45, 7) is 5.17. The molecule has 0 bridgehead atoms. The molecule has 1 unspecified atom stereocenters. The molecule has 3 heteroatoms. The Kier molecular flexibility index (Phi) is 2.72. The summed E-state index contributed by atoms with van der Waals surface area (Å²) in [7, 11) is 0. The molecule has 2 fully saturated rings. The van der Waals surface area contributed by atoms with Crippen molar-refractivity contribution in [1.82, 2.24) is 10.2 Å². The van der Waals surface area contributed by atoms with Crippen LogP contribution in [-0.4, -0.2) is 48.6 Å². The first-order valence-corrected chi connectivity index (χ1v) is 5.64. The predicted octanol–water partition coefficient (Wildman–Crippen LogP) is 0.397. The summed E-state index contributed by atoms with van der Waals surface area (Å²) in [6.07, 6.45) is 1.42. The van der Waals surface area contributed by atoms with Crippen molar-refractivity contribution in [3.05, 3.63) is 0 Å². The van der Waals surface area contributed by atoms with Gasteiger partial charge in [0.15, 0.2) is 0 Å². The molecule has 0 aromatic heterocycles. The van der Waals surface area contributed by atoms with E-state index in [1.54, 1.807) is 0 Å². The molecule has 2 saturated heterocycles. The Morgan fingerprint density at radius 2 is 2.36 bits per heavy atom. The smallest absolute Gasteiger partial charge is 0.0285 e. The van der Waals surface area contributed by atoms with Crippen LogP contribution in [0.15, 0.2) is 0 Å². The first-order chi connectivity index (χ1) is 5.45. The number of nitrogens with zero attached hydrogens (tertiary/aromatic N) is 1. The lowest BCUT2D eigenvalue weighted by Gasteiger charge is -2.35.